The van der Waals surface area contributed by atoms with Gasteiger partial charge in [-0.05, 0) is 69.6 Å². The normalized spacial score (nSPS) is 11.2. The molecule has 4 aromatic rings. The lowest BCUT2D eigenvalue weighted by Gasteiger charge is -2.09. The van der Waals surface area contributed by atoms with Crippen molar-refractivity contribution in [3.8, 4) is 28.0 Å². The Bertz CT molecular complexity index is 1150. The summed E-state index contributed by atoms with van der Waals surface area (Å²) in [6.07, 6.45) is 6.29. The average Bonchev–Trinajstić information content (AvgIpc) is 2.82. The third kappa shape index (κ3) is 5.53. The van der Waals surface area contributed by atoms with Crippen LogP contribution in [0.4, 0.5) is 8.78 Å². The molecule has 4 aromatic carbocycles. The first-order valence-electron chi connectivity index (χ1n) is 11.3. The predicted octanol–water partition coefficient (Wildman–Crippen LogP) is 8.90. The molecule has 0 spiro atoms. The Morgan fingerprint density at radius 2 is 1.19 bits per heavy atom. The van der Waals surface area contributed by atoms with Crippen LogP contribution >= 0.6 is 0 Å². The van der Waals surface area contributed by atoms with Crippen molar-refractivity contribution in [1.29, 1.82) is 0 Å². The molecule has 0 N–H and O–H groups in total. The molecule has 1 nitrogen and oxygen atoms in total. The molecular formula is C29H28F2O. The molecule has 0 fully saturated rings. The van der Waals surface area contributed by atoms with Crippen LogP contribution in [0.1, 0.15) is 38.2 Å². The molecule has 0 aliphatic heterocycles. The van der Waals surface area contributed by atoms with Crippen LogP contribution in [0.25, 0.3) is 33.0 Å². The topological polar surface area (TPSA) is 9.23 Å². The van der Waals surface area contributed by atoms with Crippen LogP contribution in [0, 0.1) is 0 Å². The van der Waals surface area contributed by atoms with Crippen molar-refractivity contribution in [3.05, 3.63) is 90.5 Å². The highest BCUT2D eigenvalue weighted by molar-refractivity contribution is 5.88. The number of alkyl halides is 2. The number of hydrogen-bond acceptors (Lipinski definition) is 1. The van der Waals surface area contributed by atoms with E-state index in [9.17, 15) is 8.78 Å². The molecule has 0 radical (unpaired) electrons. The molecule has 0 aliphatic rings. The Kier molecular flexibility index (Phi) is 7.16. The van der Waals surface area contributed by atoms with E-state index in [2.05, 4.69) is 72.3 Å². The van der Waals surface area contributed by atoms with E-state index in [-0.39, 0.29) is 5.75 Å². The fourth-order valence-corrected chi connectivity index (χ4v) is 4.07. The van der Waals surface area contributed by atoms with Gasteiger partial charge in [0.15, 0.2) is 0 Å². The minimum Gasteiger partial charge on any atom is -0.435 e. The van der Waals surface area contributed by atoms with Gasteiger partial charge in [-0.2, -0.15) is 8.78 Å². The second kappa shape index (κ2) is 10.4. The van der Waals surface area contributed by atoms with E-state index in [0.29, 0.717) is 0 Å². The predicted molar refractivity (Wildman–Crippen MR) is 129 cm³/mol. The van der Waals surface area contributed by atoms with Gasteiger partial charge in [-0.1, -0.05) is 92.9 Å². The Morgan fingerprint density at radius 1 is 0.625 bits per heavy atom. The van der Waals surface area contributed by atoms with Gasteiger partial charge in [0.25, 0.3) is 0 Å². The zero-order chi connectivity index (χ0) is 22.3. The molecule has 4 rings (SSSR count). The quantitative estimate of drug-likeness (QED) is 0.241. The van der Waals surface area contributed by atoms with Crippen LogP contribution in [0.15, 0.2) is 84.9 Å². The highest BCUT2D eigenvalue weighted by atomic mass is 19.3. The van der Waals surface area contributed by atoms with Gasteiger partial charge in [-0.15, -0.1) is 0 Å². The number of rotatable bonds is 9. The molecule has 0 unspecified atom stereocenters. The lowest BCUT2D eigenvalue weighted by Crippen LogP contribution is -2.01. The number of halogens is 2. The van der Waals surface area contributed by atoms with Crippen LogP contribution in [0.3, 0.4) is 0 Å². The van der Waals surface area contributed by atoms with Gasteiger partial charge in [0.2, 0.25) is 0 Å². The van der Waals surface area contributed by atoms with Crippen molar-refractivity contribution in [2.24, 2.45) is 0 Å². The van der Waals surface area contributed by atoms with Crippen molar-refractivity contribution in [2.75, 3.05) is 0 Å². The van der Waals surface area contributed by atoms with Gasteiger partial charge < -0.3 is 4.74 Å². The van der Waals surface area contributed by atoms with Crippen molar-refractivity contribution in [1.82, 2.24) is 0 Å². The Hall–Kier alpha value is -3.20. The van der Waals surface area contributed by atoms with Crippen LogP contribution in [0.2, 0.25) is 0 Å². The van der Waals surface area contributed by atoms with Gasteiger partial charge in [0, 0.05) is 0 Å². The zero-order valence-corrected chi connectivity index (χ0v) is 18.4. The molecule has 164 valence electrons. The van der Waals surface area contributed by atoms with Gasteiger partial charge in [0.05, 0.1) is 0 Å². The van der Waals surface area contributed by atoms with Crippen LogP contribution in [0.5, 0.6) is 5.75 Å². The second-order valence-electron chi connectivity index (χ2n) is 8.19. The standard InChI is InChI=1S/C29H28F2O/c1-2-3-4-5-6-21-7-8-27-20-26(14-13-25(27)19-21)24-11-9-22(10-12-24)23-15-17-28(18-16-23)32-29(30)31/h7-20,29H,2-6H2,1H3. The molecule has 32 heavy (non-hydrogen) atoms. The summed E-state index contributed by atoms with van der Waals surface area (Å²) in [6, 6.07) is 28.4. The molecular weight excluding hydrogens is 402 g/mol. The minimum absolute atomic E-state index is 0.167. The summed E-state index contributed by atoms with van der Waals surface area (Å²) in [5.41, 5.74) is 5.74. The Labute approximate surface area is 188 Å². The molecule has 0 saturated carbocycles. The Morgan fingerprint density at radius 3 is 1.84 bits per heavy atom. The van der Waals surface area contributed by atoms with Crippen LogP contribution in [-0.4, -0.2) is 6.61 Å². The molecule has 0 aliphatic carbocycles. The average molecular weight is 431 g/mol. The molecule has 0 heterocycles. The summed E-state index contributed by atoms with van der Waals surface area (Å²) in [6.45, 7) is -0.563. The summed E-state index contributed by atoms with van der Waals surface area (Å²) >= 11 is 0. The van der Waals surface area contributed by atoms with E-state index in [4.69, 9.17) is 0 Å². The van der Waals surface area contributed by atoms with Crippen LogP contribution < -0.4 is 4.74 Å². The largest absolute Gasteiger partial charge is 0.435 e. The summed E-state index contributed by atoms with van der Waals surface area (Å²) < 4.78 is 29.1. The van der Waals surface area contributed by atoms with Crippen molar-refractivity contribution >= 4 is 10.8 Å². The van der Waals surface area contributed by atoms with Gasteiger partial charge in [0.1, 0.15) is 5.75 Å². The summed E-state index contributed by atoms with van der Waals surface area (Å²) in [4.78, 5) is 0. The summed E-state index contributed by atoms with van der Waals surface area (Å²) in [5.74, 6) is 0.167. The molecule has 0 bridgehead atoms. The fraction of sp³-hybridized carbons (Fsp3) is 0.241. The van der Waals surface area contributed by atoms with Crippen molar-refractivity contribution in [2.45, 2.75) is 45.6 Å². The molecule has 0 amide bonds. The SMILES string of the molecule is CCCCCCc1ccc2cc(-c3ccc(-c4ccc(OC(F)F)cc4)cc3)ccc2c1. The lowest BCUT2D eigenvalue weighted by atomic mass is 9.97. The van der Waals surface area contributed by atoms with E-state index in [0.717, 1.165) is 23.1 Å². The zero-order valence-electron chi connectivity index (χ0n) is 18.4. The smallest absolute Gasteiger partial charge is 0.387 e. The van der Waals surface area contributed by atoms with Crippen molar-refractivity contribution < 1.29 is 13.5 Å². The maximum Gasteiger partial charge on any atom is 0.387 e. The van der Waals surface area contributed by atoms with Gasteiger partial charge in [-0.3, -0.25) is 0 Å². The van der Waals surface area contributed by atoms with Crippen molar-refractivity contribution in [3.63, 3.8) is 0 Å². The van der Waals surface area contributed by atoms with E-state index in [1.807, 2.05) is 0 Å². The number of ether oxygens (including phenoxy) is 1. The molecule has 0 saturated heterocycles. The first kappa shape index (κ1) is 22.0. The van der Waals surface area contributed by atoms with E-state index < -0.39 is 6.61 Å². The third-order valence-corrected chi connectivity index (χ3v) is 5.85. The first-order chi connectivity index (χ1) is 15.6. The monoisotopic (exact) mass is 430 g/mol. The van der Waals surface area contributed by atoms with E-state index in [1.165, 1.54) is 47.6 Å². The number of aryl methyl sites for hydroxylation is 1. The third-order valence-electron chi connectivity index (χ3n) is 5.85. The second-order valence-corrected chi connectivity index (χ2v) is 8.19. The number of benzene rings is 4. The fourth-order valence-electron chi connectivity index (χ4n) is 4.07. The van der Waals surface area contributed by atoms with E-state index in [1.54, 1.807) is 24.3 Å². The van der Waals surface area contributed by atoms with Gasteiger partial charge >= 0.3 is 6.61 Å². The van der Waals surface area contributed by atoms with Crippen LogP contribution in [-0.2, 0) is 6.42 Å². The van der Waals surface area contributed by atoms with Gasteiger partial charge in [-0.25, -0.2) is 0 Å². The maximum absolute atomic E-state index is 12.3. The summed E-state index contributed by atoms with van der Waals surface area (Å²) in [7, 11) is 0. The Balaban J connectivity index is 1.47. The molecule has 3 heteroatoms. The van der Waals surface area contributed by atoms with E-state index >= 15 is 0 Å². The number of fused-ring (bicyclic) bond motifs is 1. The summed E-state index contributed by atoms with van der Waals surface area (Å²) in [5, 5.41) is 2.53. The number of unbranched alkanes of at least 4 members (excludes halogenated alkanes) is 3. The first-order valence-corrected chi connectivity index (χ1v) is 11.3. The highest BCUT2D eigenvalue weighted by Crippen LogP contribution is 2.29. The maximum atomic E-state index is 12.3. The number of hydrogen-bond donors (Lipinski definition) is 0. The molecule has 0 aromatic heterocycles. The molecule has 0 atom stereocenters. The minimum atomic E-state index is -2.81. The lowest BCUT2D eigenvalue weighted by molar-refractivity contribution is -0.0498. The highest BCUT2D eigenvalue weighted by Gasteiger charge is 2.06.